The molecular weight excluding hydrogens is 349 g/mol. The molecule has 2 aliphatic heterocycles. The molecule has 5 nitrogen and oxygen atoms in total. The zero-order valence-corrected chi connectivity index (χ0v) is 15.6. The Hall–Kier alpha value is -1.17. The van der Waals surface area contributed by atoms with Gasteiger partial charge >= 0.3 is 0 Å². The number of carbonyl (C=O) groups is 1. The molecule has 0 radical (unpaired) electrons. The number of rotatable bonds is 5. The molecule has 1 aromatic carbocycles. The van der Waals surface area contributed by atoms with E-state index in [9.17, 15) is 4.79 Å². The van der Waals surface area contributed by atoms with Gasteiger partial charge in [-0.05, 0) is 37.4 Å². The molecule has 2 unspecified atom stereocenters. The van der Waals surface area contributed by atoms with Crippen molar-refractivity contribution >= 4 is 36.4 Å². The van der Waals surface area contributed by atoms with Crippen molar-refractivity contribution in [3.05, 3.63) is 24.3 Å². The minimum absolute atomic E-state index is 0. The van der Waals surface area contributed by atoms with Crippen LogP contribution in [0.3, 0.4) is 0 Å². The van der Waals surface area contributed by atoms with Gasteiger partial charge in [-0.15, -0.1) is 24.8 Å². The molecule has 0 saturated carbocycles. The fourth-order valence-electron chi connectivity index (χ4n) is 3.38. The smallest absolute Gasteiger partial charge is 0.224 e. The quantitative estimate of drug-likeness (QED) is 0.827. The Balaban J connectivity index is 0.00000144. The summed E-state index contributed by atoms with van der Waals surface area (Å²) in [4.78, 5) is 14.4. The van der Waals surface area contributed by atoms with Gasteiger partial charge in [0.05, 0.1) is 18.7 Å². The van der Waals surface area contributed by atoms with Crippen LogP contribution in [0.15, 0.2) is 24.3 Å². The average molecular weight is 376 g/mol. The minimum atomic E-state index is 0. The van der Waals surface area contributed by atoms with E-state index in [1.807, 2.05) is 18.2 Å². The molecule has 0 spiro atoms. The molecule has 2 heterocycles. The largest absolute Gasteiger partial charge is 0.495 e. The van der Waals surface area contributed by atoms with Gasteiger partial charge in [0.15, 0.2) is 0 Å². The predicted molar refractivity (Wildman–Crippen MR) is 102 cm³/mol. The molecule has 2 aliphatic rings. The van der Waals surface area contributed by atoms with Crippen molar-refractivity contribution in [3.63, 3.8) is 0 Å². The van der Waals surface area contributed by atoms with Crippen molar-refractivity contribution in [3.8, 4) is 5.75 Å². The normalized spacial score (nSPS) is 22.5. The van der Waals surface area contributed by atoms with Crippen LogP contribution in [0.25, 0.3) is 0 Å². The molecule has 1 amide bonds. The SMILES string of the molecule is COc1ccccc1N1CCC(CNC(=O)C2CCNC2)C1.Cl.Cl. The molecule has 2 N–H and O–H groups in total. The number of anilines is 1. The summed E-state index contributed by atoms with van der Waals surface area (Å²) < 4.78 is 5.44. The minimum Gasteiger partial charge on any atom is -0.495 e. The molecule has 1 aromatic rings. The van der Waals surface area contributed by atoms with Gasteiger partial charge in [-0.2, -0.15) is 0 Å². The standard InChI is InChI=1S/C17H25N3O2.2ClH/c1-22-16-5-3-2-4-15(16)20-9-7-13(12-20)10-19-17(21)14-6-8-18-11-14;;/h2-5,13-14,18H,6-12H2,1H3,(H,19,21);2*1H. The van der Waals surface area contributed by atoms with E-state index in [0.29, 0.717) is 5.92 Å². The van der Waals surface area contributed by atoms with Crippen molar-refractivity contribution in [2.75, 3.05) is 44.7 Å². The Kier molecular flexibility index (Phi) is 8.67. The molecule has 7 heteroatoms. The van der Waals surface area contributed by atoms with Gasteiger partial charge < -0.3 is 20.3 Å². The number of halogens is 2. The number of hydrogen-bond donors (Lipinski definition) is 2. The lowest BCUT2D eigenvalue weighted by molar-refractivity contribution is -0.124. The van der Waals surface area contributed by atoms with Crippen molar-refractivity contribution in [2.24, 2.45) is 11.8 Å². The number of benzene rings is 1. The Morgan fingerprint density at radius 1 is 1.33 bits per heavy atom. The third-order valence-electron chi connectivity index (χ3n) is 4.71. The molecular formula is C17H27Cl2N3O2. The molecule has 136 valence electrons. The van der Waals surface area contributed by atoms with Crippen LogP contribution in [0.4, 0.5) is 5.69 Å². The number of ether oxygens (including phenoxy) is 1. The molecule has 3 rings (SSSR count). The highest BCUT2D eigenvalue weighted by Gasteiger charge is 2.27. The first-order valence-electron chi connectivity index (χ1n) is 8.14. The maximum Gasteiger partial charge on any atom is 0.224 e. The maximum atomic E-state index is 12.1. The summed E-state index contributed by atoms with van der Waals surface area (Å²) in [5.74, 6) is 1.81. The van der Waals surface area contributed by atoms with Crippen LogP contribution in [-0.2, 0) is 4.79 Å². The highest BCUT2D eigenvalue weighted by Crippen LogP contribution is 2.31. The number of carbonyl (C=O) groups excluding carboxylic acids is 1. The summed E-state index contributed by atoms with van der Waals surface area (Å²) in [6.45, 7) is 4.56. The summed E-state index contributed by atoms with van der Waals surface area (Å²) in [5, 5.41) is 6.37. The van der Waals surface area contributed by atoms with E-state index in [4.69, 9.17) is 4.74 Å². The molecule has 2 saturated heterocycles. The van der Waals surface area contributed by atoms with Gasteiger partial charge in [-0.25, -0.2) is 0 Å². The van der Waals surface area contributed by atoms with E-state index < -0.39 is 0 Å². The summed E-state index contributed by atoms with van der Waals surface area (Å²) in [6, 6.07) is 8.13. The van der Waals surface area contributed by atoms with Crippen molar-refractivity contribution in [1.82, 2.24) is 10.6 Å². The highest BCUT2D eigenvalue weighted by atomic mass is 35.5. The Morgan fingerprint density at radius 2 is 2.12 bits per heavy atom. The average Bonchev–Trinajstić information content (AvgIpc) is 3.24. The number of methoxy groups -OCH3 is 1. The zero-order chi connectivity index (χ0) is 15.4. The summed E-state index contributed by atoms with van der Waals surface area (Å²) in [7, 11) is 1.71. The van der Waals surface area contributed by atoms with Gasteiger partial charge in [0.1, 0.15) is 5.75 Å². The van der Waals surface area contributed by atoms with Gasteiger partial charge in [-0.1, -0.05) is 12.1 Å². The lowest BCUT2D eigenvalue weighted by atomic mass is 10.1. The second kappa shape index (κ2) is 9.97. The van der Waals surface area contributed by atoms with Gasteiger partial charge in [-0.3, -0.25) is 4.79 Å². The van der Waals surface area contributed by atoms with Crippen LogP contribution in [0.5, 0.6) is 5.75 Å². The first-order valence-corrected chi connectivity index (χ1v) is 8.14. The van der Waals surface area contributed by atoms with Gasteiger partial charge in [0, 0.05) is 26.2 Å². The van der Waals surface area contributed by atoms with Crippen molar-refractivity contribution < 1.29 is 9.53 Å². The maximum absolute atomic E-state index is 12.1. The molecule has 2 atom stereocenters. The lowest BCUT2D eigenvalue weighted by Crippen LogP contribution is -2.36. The van der Waals surface area contributed by atoms with Crippen molar-refractivity contribution in [2.45, 2.75) is 12.8 Å². The summed E-state index contributed by atoms with van der Waals surface area (Å²) in [6.07, 6.45) is 2.07. The van der Waals surface area contributed by atoms with E-state index >= 15 is 0 Å². The van der Waals surface area contributed by atoms with E-state index in [2.05, 4.69) is 21.6 Å². The van der Waals surface area contributed by atoms with E-state index in [1.54, 1.807) is 7.11 Å². The van der Waals surface area contributed by atoms with Gasteiger partial charge in [0.2, 0.25) is 5.91 Å². The van der Waals surface area contributed by atoms with Crippen LogP contribution in [0.2, 0.25) is 0 Å². The van der Waals surface area contributed by atoms with Crippen LogP contribution in [0.1, 0.15) is 12.8 Å². The van der Waals surface area contributed by atoms with Crippen LogP contribution >= 0.6 is 24.8 Å². The first-order chi connectivity index (χ1) is 10.8. The van der Waals surface area contributed by atoms with Crippen LogP contribution < -0.4 is 20.3 Å². The second-order valence-corrected chi connectivity index (χ2v) is 6.21. The fraction of sp³-hybridized carbons (Fsp3) is 0.588. The fourth-order valence-corrected chi connectivity index (χ4v) is 3.38. The Bertz CT molecular complexity index is 524. The Morgan fingerprint density at radius 3 is 2.83 bits per heavy atom. The monoisotopic (exact) mass is 375 g/mol. The predicted octanol–water partition coefficient (Wildman–Crippen LogP) is 2.09. The third kappa shape index (κ3) is 4.91. The summed E-state index contributed by atoms with van der Waals surface area (Å²) in [5.41, 5.74) is 1.15. The highest BCUT2D eigenvalue weighted by molar-refractivity contribution is 5.85. The first kappa shape index (κ1) is 20.9. The van der Waals surface area contributed by atoms with E-state index in [1.165, 1.54) is 0 Å². The Labute approximate surface area is 156 Å². The van der Waals surface area contributed by atoms with Crippen LogP contribution in [0, 0.1) is 11.8 Å². The third-order valence-corrected chi connectivity index (χ3v) is 4.71. The van der Waals surface area contributed by atoms with Crippen LogP contribution in [-0.4, -0.2) is 45.7 Å². The molecule has 2 fully saturated rings. The molecule has 24 heavy (non-hydrogen) atoms. The number of nitrogens with zero attached hydrogens (tertiary/aromatic N) is 1. The van der Waals surface area contributed by atoms with E-state index in [0.717, 1.165) is 57.0 Å². The number of nitrogens with one attached hydrogen (secondary N) is 2. The summed E-state index contributed by atoms with van der Waals surface area (Å²) >= 11 is 0. The molecule has 0 aliphatic carbocycles. The number of amides is 1. The zero-order valence-electron chi connectivity index (χ0n) is 14.0. The number of hydrogen-bond acceptors (Lipinski definition) is 4. The molecule has 0 aromatic heterocycles. The van der Waals surface area contributed by atoms with Crippen molar-refractivity contribution in [1.29, 1.82) is 0 Å². The lowest BCUT2D eigenvalue weighted by Gasteiger charge is -2.21. The van der Waals surface area contributed by atoms with Gasteiger partial charge in [0.25, 0.3) is 0 Å². The number of para-hydroxylation sites is 2. The second-order valence-electron chi connectivity index (χ2n) is 6.21. The topological polar surface area (TPSA) is 53.6 Å². The van der Waals surface area contributed by atoms with E-state index in [-0.39, 0.29) is 36.6 Å². The molecule has 0 bridgehead atoms.